The molecule has 12 heteroatoms. The molecule has 1 aromatic heterocycles. The van der Waals surface area contributed by atoms with E-state index in [2.05, 4.69) is 25.8 Å². The Morgan fingerprint density at radius 3 is 2.83 bits per heavy atom. The number of benzene rings is 1. The van der Waals surface area contributed by atoms with E-state index in [9.17, 15) is 13.6 Å². The molecule has 0 bridgehead atoms. The number of anilines is 3. The van der Waals surface area contributed by atoms with Crippen molar-refractivity contribution in [2.45, 2.75) is 37.3 Å². The van der Waals surface area contributed by atoms with E-state index in [1.165, 1.54) is 7.11 Å². The SMILES string of the molecule is COc1cc(Nc2nc(N[C@@H]3CCCC(F)(F)[C@@H]3N)nnc2C(N)=O)ccc1Cl. The van der Waals surface area contributed by atoms with E-state index in [4.69, 9.17) is 27.8 Å². The minimum Gasteiger partial charge on any atom is -0.495 e. The van der Waals surface area contributed by atoms with E-state index >= 15 is 0 Å². The lowest BCUT2D eigenvalue weighted by atomic mass is 9.87. The molecule has 156 valence electrons. The number of carbonyl (C=O) groups excluding carboxylic acids is 1. The molecule has 1 fully saturated rings. The molecule has 29 heavy (non-hydrogen) atoms. The molecule has 1 saturated carbocycles. The molecule has 2 atom stereocenters. The zero-order valence-corrected chi connectivity index (χ0v) is 16.2. The monoisotopic (exact) mass is 427 g/mol. The number of halogens is 3. The normalized spacial score (nSPS) is 20.7. The average Bonchev–Trinajstić information content (AvgIpc) is 2.67. The number of hydrogen-bond acceptors (Lipinski definition) is 8. The van der Waals surface area contributed by atoms with Gasteiger partial charge < -0.3 is 26.8 Å². The standard InChI is InChI=1S/C17H20ClF2N7O2/c1-29-11-7-8(4-5-9(11)18)23-15-12(14(22)28)26-27-16(25-15)24-10-3-2-6-17(19,20)13(10)21/h4-5,7,10,13H,2-3,6,21H2,1H3,(H2,22,28)(H2,23,24,25,27)/t10-,13-/m1/s1. The first-order chi connectivity index (χ1) is 13.7. The number of nitrogens with two attached hydrogens (primary N) is 2. The van der Waals surface area contributed by atoms with Crippen LogP contribution in [0.15, 0.2) is 18.2 Å². The molecular formula is C17H20ClF2N7O2. The lowest BCUT2D eigenvalue weighted by Crippen LogP contribution is -2.55. The third kappa shape index (κ3) is 4.62. The van der Waals surface area contributed by atoms with Crippen molar-refractivity contribution in [2.24, 2.45) is 11.5 Å². The lowest BCUT2D eigenvalue weighted by molar-refractivity contribution is -0.0555. The van der Waals surface area contributed by atoms with E-state index in [0.29, 0.717) is 29.3 Å². The molecule has 1 aromatic carbocycles. The number of hydrogen-bond donors (Lipinski definition) is 4. The Balaban J connectivity index is 1.87. The zero-order valence-electron chi connectivity index (χ0n) is 15.5. The summed E-state index contributed by atoms with van der Waals surface area (Å²) < 4.78 is 32.9. The van der Waals surface area contributed by atoms with Gasteiger partial charge in [-0.1, -0.05) is 11.6 Å². The smallest absolute Gasteiger partial charge is 0.273 e. The molecule has 0 aliphatic heterocycles. The highest BCUT2D eigenvalue weighted by atomic mass is 35.5. The molecule has 9 nitrogen and oxygen atoms in total. The number of carbonyl (C=O) groups is 1. The van der Waals surface area contributed by atoms with Crippen LogP contribution in [0.5, 0.6) is 5.75 Å². The molecule has 3 rings (SSSR count). The summed E-state index contributed by atoms with van der Waals surface area (Å²) >= 11 is 6.00. The summed E-state index contributed by atoms with van der Waals surface area (Å²) in [5, 5.41) is 13.6. The van der Waals surface area contributed by atoms with E-state index < -0.39 is 23.9 Å². The van der Waals surface area contributed by atoms with Crippen LogP contribution in [0, 0.1) is 0 Å². The molecule has 1 aliphatic carbocycles. The lowest BCUT2D eigenvalue weighted by Gasteiger charge is -2.35. The topological polar surface area (TPSA) is 141 Å². The molecule has 2 aromatic rings. The molecule has 1 aliphatic rings. The fraction of sp³-hybridized carbons (Fsp3) is 0.412. The summed E-state index contributed by atoms with van der Waals surface area (Å²) in [5.74, 6) is -3.52. The van der Waals surface area contributed by atoms with Crippen LogP contribution in [0.2, 0.25) is 5.02 Å². The molecule has 0 spiro atoms. The van der Waals surface area contributed by atoms with Gasteiger partial charge in [0.25, 0.3) is 11.8 Å². The Hall–Kier alpha value is -2.79. The summed E-state index contributed by atoms with van der Waals surface area (Å²) in [6, 6.07) is 2.66. The van der Waals surface area contributed by atoms with E-state index in [1.807, 2.05) is 0 Å². The predicted octanol–water partition coefficient (Wildman–Crippen LogP) is 2.30. The Labute approximate surface area is 170 Å². The van der Waals surface area contributed by atoms with Crippen LogP contribution in [-0.2, 0) is 0 Å². The average molecular weight is 428 g/mol. The van der Waals surface area contributed by atoms with Crippen LogP contribution < -0.4 is 26.8 Å². The van der Waals surface area contributed by atoms with Gasteiger partial charge in [-0.25, -0.2) is 8.78 Å². The molecule has 0 unspecified atom stereocenters. The van der Waals surface area contributed by atoms with Gasteiger partial charge in [-0.05, 0) is 25.0 Å². The highest BCUT2D eigenvalue weighted by Gasteiger charge is 2.45. The van der Waals surface area contributed by atoms with Gasteiger partial charge in [-0.2, -0.15) is 4.98 Å². The number of methoxy groups -OCH3 is 1. The van der Waals surface area contributed by atoms with Gasteiger partial charge in [-0.3, -0.25) is 4.79 Å². The summed E-state index contributed by atoms with van der Waals surface area (Å²) in [6.45, 7) is 0. The van der Waals surface area contributed by atoms with Crippen molar-refractivity contribution in [1.82, 2.24) is 15.2 Å². The second-order valence-electron chi connectivity index (χ2n) is 6.60. The van der Waals surface area contributed by atoms with Gasteiger partial charge in [0.1, 0.15) is 5.75 Å². The molecule has 6 N–H and O–H groups in total. The van der Waals surface area contributed by atoms with E-state index in [1.54, 1.807) is 18.2 Å². The van der Waals surface area contributed by atoms with Crippen LogP contribution >= 0.6 is 11.6 Å². The number of alkyl halides is 2. The summed E-state index contributed by atoms with van der Waals surface area (Å²) in [6.07, 6.45) is 0.465. The zero-order chi connectivity index (χ0) is 21.2. The van der Waals surface area contributed by atoms with Crippen molar-refractivity contribution in [3.05, 3.63) is 28.9 Å². The Bertz CT molecular complexity index is 915. The second kappa shape index (κ2) is 8.29. The summed E-state index contributed by atoms with van der Waals surface area (Å²) in [7, 11) is 1.46. The third-order valence-corrected chi connectivity index (χ3v) is 4.91. The predicted molar refractivity (Wildman–Crippen MR) is 104 cm³/mol. The fourth-order valence-corrected chi connectivity index (χ4v) is 3.24. The minimum atomic E-state index is -2.99. The first-order valence-corrected chi connectivity index (χ1v) is 9.14. The van der Waals surface area contributed by atoms with Crippen molar-refractivity contribution in [2.75, 3.05) is 17.7 Å². The summed E-state index contributed by atoms with van der Waals surface area (Å²) in [4.78, 5) is 15.9. The number of nitrogens with one attached hydrogen (secondary N) is 2. The van der Waals surface area contributed by atoms with Crippen LogP contribution in [0.25, 0.3) is 0 Å². The largest absolute Gasteiger partial charge is 0.495 e. The Kier molecular flexibility index (Phi) is 5.99. The van der Waals surface area contributed by atoms with Crippen molar-refractivity contribution >= 4 is 35.0 Å². The number of rotatable bonds is 6. The maximum absolute atomic E-state index is 13.9. The van der Waals surface area contributed by atoms with Gasteiger partial charge >= 0.3 is 0 Å². The van der Waals surface area contributed by atoms with Gasteiger partial charge in [0, 0.05) is 18.2 Å². The van der Waals surface area contributed by atoms with Crippen molar-refractivity contribution in [3.8, 4) is 5.75 Å². The molecule has 0 radical (unpaired) electrons. The number of amides is 1. The van der Waals surface area contributed by atoms with E-state index in [0.717, 1.165) is 0 Å². The highest BCUT2D eigenvalue weighted by molar-refractivity contribution is 6.32. The van der Waals surface area contributed by atoms with Crippen LogP contribution in [0.4, 0.5) is 26.2 Å². The Morgan fingerprint density at radius 2 is 2.14 bits per heavy atom. The van der Waals surface area contributed by atoms with Crippen LogP contribution in [0.3, 0.4) is 0 Å². The van der Waals surface area contributed by atoms with Gasteiger partial charge in [-0.15, -0.1) is 10.2 Å². The second-order valence-corrected chi connectivity index (χ2v) is 7.01. The minimum absolute atomic E-state index is 0.00415. The number of aromatic nitrogens is 3. The number of ether oxygens (including phenoxy) is 1. The third-order valence-electron chi connectivity index (χ3n) is 4.59. The molecule has 0 saturated heterocycles. The van der Waals surface area contributed by atoms with E-state index in [-0.39, 0.29) is 23.9 Å². The van der Waals surface area contributed by atoms with Crippen molar-refractivity contribution < 1.29 is 18.3 Å². The maximum atomic E-state index is 13.9. The van der Waals surface area contributed by atoms with Gasteiger partial charge in [0.05, 0.1) is 24.2 Å². The highest BCUT2D eigenvalue weighted by Crippen LogP contribution is 2.34. The van der Waals surface area contributed by atoms with Crippen molar-refractivity contribution in [1.29, 1.82) is 0 Å². The number of primary amides is 1. The maximum Gasteiger partial charge on any atom is 0.273 e. The molecular weight excluding hydrogens is 408 g/mol. The number of nitrogens with zero attached hydrogens (tertiary/aromatic N) is 3. The fourth-order valence-electron chi connectivity index (χ4n) is 3.04. The quantitative estimate of drug-likeness (QED) is 0.550. The van der Waals surface area contributed by atoms with Crippen LogP contribution in [-0.4, -0.2) is 46.2 Å². The van der Waals surface area contributed by atoms with Crippen molar-refractivity contribution in [3.63, 3.8) is 0 Å². The Morgan fingerprint density at radius 1 is 1.38 bits per heavy atom. The first kappa shape index (κ1) is 20.9. The molecule has 1 heterocycles. The van der Waals surface area contributed by atoms with Crippen LogP contribution in [0.1, 0.15) is 29.8 Å². The van der Waals surface area contributed by atoms with Gasteiger partial charge in [0.15, 0.2) is 11.5 Å². The summed E-state index contributed by atoms with van der Waals surface area (Å²) in [5.41, 5.74) is 11.3. The van der Waals surface area contributed by atoms with Gasteiger partial charge in [0.2, 0.25) is 5.95 Å². The molecule has 1 amide bonds. The first-order valence-electron chi connectivity index (χ1n) is 8.76.